The van der Waals surface area contributed by atoms with Gasteiger partial charge in [-0.15, -0.1) is 0 Å². The van der Waals surface area contributed by atoms with Gasteiger partial charge in [-0.05, 0) is 18.6 Å². The van der Waals surface area contributed by atoms with E-state index in [9.17, 15) is 5.11 Å². The highest BCUT2D eigenvalue weighted by Crippen LogP contribution is 2.19. The second-order valence-corrected chi connectivity index (χ2v) is 4.00. The zero-order chi connectivity index (χ0) is 11.1. The molecule has 0 heterocycles. The first kappa shape index (κ1) is 11.9. The average Bonchev–Trinajstić information content (AvgIpc) is 2.24. The van der Waals surface area contributed by atoms with Crippen LogP contribution in [0.1, 0.15) is 32.6 Å². The van der Waals surface area contributed by atoms with Gasteiger partial charge < -0.3 is 10.0 Å². The maximum absolute atomic E-state index is 9.34. The lowest BCUT2D eigenvalue weighted by molar-refractivity contribution is 0.475. The normalized spacial score (nSPS) is 10.3. The third-order valence-electron chi connectivity index (χ3n) is 2.62. The molecule has 1 aromatic carbocycles. The van der Waals surface area contributed by atoms with Crippen molar-refractivity contribution in [1.82, 2.24) is 0 Å². The molecule has 0 saturated heterocycles. The molecule has 0 amide bonds. The number of hydrogen-bond acceptors (Lipinski definition) is 2. The summed E-state index contributed by atoms with van der Waals surface area (Å²) in [5, 5.41) is 9.34. The molecule has 0 atom stereocenters. The molecule has 1 N–H and O–H groups in total. The second-order valence-electron chi connectivity index (χ2n) is 4.00. The van der Waals surface area contributed by atoms with Crippen LogP contribution in [0.5, 0.6) is 5.75 Å². The van der Waals surface area contributed by atoms with Crippen LogP contribution in [0.4, 0.5) is 5.69 Å². The van der Waals surface area contributed by atoms with E-state index < -0.39 is 0 Å². The minimum absolute atomic E-state index is 0.341. The Morgan fingerprint density at radius 1 is 1.20 bits per heavy atom. The first-order chi connectivity index (χ1) is 7.24. The summed E-state index contributed by atoms with van der Waals surface area (Å²) in [5.74, 6) is 0.341. The Bertz CT molecular complexity index is 286. The van der Waals surface area contributed by atoms with Crippen molar-refractivity contribution in [1.29, 1.82) is 0 Å². The highest BCUT2D eigenvalue weighted by molar-refractivity contribution is 5.49. The summed E-state index contributed by atoms with van der Waals surface area (Å²) in [4.78, 5) is 2.19. The Morgan fingerprint density at radius 2 is 2.00 bits per heavy atom. The molecule has 15 heavy (non-hydrogen) atoms. The highest BCUT2D eigenvalue weighted by atomic mass is 16.3. The summed E-state index contributed by atoms with van der Waals surface area (Å²) < 4.78 is 0. The predicted octanol–water partition coefficient (Wildman–Crippen LogP) is 3.41. The maximum atomic E-state index is 9.34. The molecule has 0 spiro atoms. The van der Waals surface area contributed by atoms with E-state index in [4.69, 9.17) is 0 Å². The van der Waals surface area contributed by atoms with Crippen molar-refractivity contribution in [2.45, 2.75) is 32.6 Å². The molecule has 0 aliphatic heterocycles. The molecule has 2 nitrogen and oxygen atoms in total. The highest BCUT2D eigenvalue weighted by Gasteiger charge is 2.00. The SMILES string of the molecule is CCCCCCN(C)c1cccc(O)c1. The number of unbranched alkanes of at least 4 members (excludes halogenated alkanes) is 3. The van der Waals surface area contributed by atoms with Gasteiger partial charge in [0.2, 0.25) is 0 Å². The van der Waals surface area contributed by atoms with E-state index in [1.165, 1.54) is 25.7 Å². The average molecular weight is 207 g/mol. The molecule has 1 aromatic rings. The summed E-state index contributed by atoms with van der Waals surface area (Å²) >= 11 is 0. The summed E-state index contributed by atoms with van der Waals surface area (Å²) in [6, 6.07) is 7.42. The number of phenols is 1. The predicted molar refractivity (Wildman–Crippen MR) is 65.5 cm³/mol. The molecule has 0 aliphatic rings. The van der Waals surface area contributed by atoms with Gasteiger partial charge in [0.15, 0.2) is 0 Å². The lowest BCUT2D eigenvalue weighted by Crippen LogP contribution is -2.18. The van der Waals surface area contributed by atoms with Gasteiger partial charge in [0, 0.05) is 25.3 Å². The van der Waals surface area contributed by atoms with Crippen LogP contribution >= 0.6 is 0 Å². The molecule has 1 rings (SSSR count). The van der Waals surface area contributed by atoms with Crippen LogP contribution in [0.3, 0.4) is 0 Å². The molecule has 0 bridgehead atoms. The van der Waals surface area contributed by atoms with Crippen molar-refractivity contribution in [3.63, 3.8) is 0 Å². The van der Waals surface area contributed by atoms with Crippen LogP contribution in [0.2, 0.25) is 0 Å². The first-order valence-electron chi connectivity index (χ1n) is 5.74. The van der Waals surface area contributed by atoms with E-state index in [-0.39, 0.29) is 0 Å². The van der Waals surface area contributed by atoms with Crippen LogP contribution in [-0.2, 0) is 0 Å². The van der Waals surface area contributed by atoms with Gasteiger partial charge in [-0.3, -0.25) is 0 Å². The molecule has 0 fully saturated rings. The summed E-state index contributed by atoms with van der Waals surface area (Å²) in [7, 11) is 2.07. The minimum atomic E-state index is 0.341. The summed E-state index contributed by atoms with van der Waals surface area (Å²) in [6.45, 7) is 3.28. The van der Waals surface area contributed by atoms with E-state index >= 15 is 0 Å². The number of aromatic hydroxyl groups is 1. The Labute approximate surface area is 92.5 Å². The molecule has 84 valence electrons. The molecular weight excluding hydrogens is 186 g/mol. The monoisotopic (exact) mass is 207 g/mol. The Balaban J connectivity index is 2.36. The van der Waals surface area contributed by atoms with Crippen molar-refractivity contribution in [3.8, 4) is 5.75 Å². The van der Waals surface area contributed by atoms with Crippen LogP contribution < -0.4 is 4.90 Å². The van der Waals surface area contributed by atoms with Gasteiger partial charge in [0.25, 0.3) is 0 Å². The molecule has 2 heteroatoms. The van der Waals surface area contributed by atoms with Gasteiger partial charge >= 0.3 is 0 Å². The molecule has 0 aliphatic carbocycles. The van der Waals surface area contributed by atoms with Gasteiger partial charge in [-0.25, -0.2) is 0 Å². The fourth-order valence-corrected chi connectivity index (χ4v) is 1.64. The number of anilines is 1. The lowest BCUT2D eigenvalue weighted by atomic mass is 10.2. The third kappa shape index (κ3) is 4.24. The van der Waals surface area contributed by atoms with Crippen molar-refractivity contribution in [3.05, 3.63) is 24.3 Å². The van der Waals surface area contributed by atoms with Crippen LogP contribution in [0, 0.1) is 0 Å². The molecular formula is C13H21NO. The van der Waals surface area contributed by atoms with E-state index in [1.807, 2.05) is 12.1 Å². The van der Waals surface area contributed by atoms with Crippen LogP contribution in [-0.4, -0.2) is 18.7 Å². The number of hydrogen-bond donors (Lipinski definition) is 1. The minimum Gasteiger partial charge on any atom is -0.508 e. The zero-order valence-electron chi connectivity index (χ0n) is 9.74. The number of benzene rings is 1. The van der Waals surface area contributed by atoms with E-state index in [1.54, 1.807) is 12.1 Å². The first-order valence-corrected chi connectivity index (χ1v) is 5.74. The Hall–Kier alpha value is -1.18. The largest absolute Gasteiger partial charge is 0.508 e. The zero-order valence-corrected chi connectivity index (χ0v) is 9.74. The second kappa shape index (κ2) is 6.33. The summed E-state index contributed by atoms with van der Waals surface area (Å²) in [6.07, 6.45) is 5.10. The standard InChI is InChI=1S/C13H21NO/c1-3-4-5-6-10-14(2)12-8-7-9-13(15)11-12/h7-9,11,15H,3-6,10H2,1-2H3. The maximum Gasteiger partial charge on any atom is 0.117 e. The van der Waals surface area contributed by atoms with Gasteiger partial charge in [0.1, 0.15) is 5.75 Å². The fraction of sp³-hybridized carbons (Fsp3) is 0.538. The number of nitrogens with zero attached hydrogens (tertiary/aromatic N) is 1. The Morgan fingerprint density at radius 3 is 2.67 bits per heavy atom. The lowest BCUT2D eigenvalue weighted by Gasteiger charge is -2.19. The molecule has 0 saturated carbocycles. The topological polar surface area (TPSA) is 23.5 Å². The molecule has 0 unspecified atom stereocenters. The molecule has 0 aromatic heterocycles. The van der Waals surface area contributed by atoms with E-state index in [0.29, 0.717) is 5.75 Å². The number of rotatable bonds is 6. The van der Waals surface area contributed by atoms with Gasteiger partial charge in [0.05, 0.1) is 0 Å². The fourth-order valence-electron chi connectivity index (χ4n) is 1.64. The van der Waals surface area contributed by atoms with Crippen molar-refractivity contribution < 1.29 is 5.11 Å². The third-order valence-corrected chi connectivity index (χ3v) is 2.62. The van der Waals surface area contributed by atoms with Crippen LogP contribution in [0.15, 0.2) is 24.3 Å². The molecule has 0 radical (unpaired) electrons. The van der Waals surface area contributed by atoms with Gasteiger partial charge in [-0.1, -0.05) is 32.3 Å². The van der Waals surface area contributed by atoms with E-state index in [0.717, 1.165) is 12.2 Å². The Kier molecular flexibility index (Phi) is 5.02. The quantitative estimate of drug-likeness (QED) is 0.723. The summed E-state index contributed by atoms with van der Waals surface area (Å²) in [5.41, 5.74) is 1.09. The van der Waals surface area contributed by atoms with Crippen molar-refractivity contribution >= 4 is 5.69 Å². The van der Waals surface area contributed by atoms with Crippen LogP contribution in [0.25, 0.3) is 0 Å². The smallest absolute Gasteiger partial charge is 0.117 e. The van der Waals surface area contributed by atoms with E-state index in [2.05, 4.69) is 18.9 Å². The van der Waals surface area contributed by atoms with Crippen molar-refractivity contribution in [2.75, 3.05) is 18.5 Å². The van der Waals surface area contributed by atoms with Crippen molar-refractivity contribution in [2.24, 2.45) is 0 Å². The van der Waals surface area contributed by atoms with Gasteiger partial charge in [-0.2, -0.15) is 0 Å². The number of phenolic OH excluding ortho intramolecular Hbond substituents is 1.